The topological polar surface area (TPSA) is 44.5 Å². The van der Waals surface area contributed by atoms with Crippen molar-refractivity contribution in [3.8, 4) is 11.1 Å². The predicted molar refractivity (Wildman–Crippen MR) is 97.1 cm³/mol. The van der Waals surface area contributed by atoms with Gasteiger partial charge in [-0.2, -0.15) is 0 Å². The van der Waals surface area contributed by atoms with Crippen LogP contribution in [0, 0.1) is 19.4 Å². The Hall–Kier alpha value is -2.77. The Labute approximate surface area is 141 Å². The molecule has 2 aromatic carbocycles. The first-order valence-electron chi connectivity index (χ1n) is 8.11. The zero-order valence-electron chi connectivity index (χ0n) is 13.6. The molecule has 1 aliphatic rings. The van der Waals surface area contributed by atoms with Gasteiger partial charge in [-0.1, -0.05) is 18.2 Å². The van der Waals surface area contributed by atoms with Crippen molar-refractivity contribution in [2.75, 3.05) is 18.9 Å². The van der Waals surface area contributed by atoms with Crippen molar-refractivity contribution < 1.29 is 4.74 Å². The van der Waals surface area contributed by atoms with Gasteiger partial charge in [-0.15, -0.1) is 0 Å². The van der Waals surface area contributed by atoms with Gasteiger partial charge in [-0.3, -0.25) is 0 Å². The van der Waals surface area contributed by atoms with E-state index in [2.05, 4.69) is 21.7 Å². The van der Waals surface area contributed by atoms with Gasteiger partial charge < -0.3 is 15.0 Å². The van der Waals surface area contributed by atoms with Crippen LogP contribution in [0.2, 0.25) is 0 Å². The molecule has 0 aliphatic carbocycles. The van der Waals surface area contributed by atoms with Crippen LogP contribution in [0.15, 0.2) is 42.6 Å². The van der Waals surface area contributed by atoms with E-state index >= 15 is 0 Å². The number of aromatic nitrogens is 1. The minimum atomic E-state index is 0.566. The van der Waals surface area contributed by atoms with E-state index in [1.807, 2.05) is 37.3 Å². The molecule has 0 bridgehead atoms. The molecule has 1 aromatic heterocycles. The Morgan fingerprint density at radius 3 is 2.79 bits per heavy atom. The SMILES string of the molecule is [C-]#[N+]c1ccc2c(c1)c(-c1cccc(N)c1C)cn2CC1COC1. The van der Waals surface area contributed by atoms with E-state index < -0.39 is 0 Å². The maximum absolute atomic E-state index is 7.31. The second-order valence-corrected chi connectivity index (χ2v) is 6.43. The Morgan fingerprint density at radius 2 is 2.08 bits per heavy atom. The molecule has 4 nitrogen and oxygen atoms in total. The first-order chi connectivity index (χ1) is 11.7. The molecule has 1 fully saturated rings. The minimum Gasteiger partial charge on any atom is -0.398 e. The van der Waals surface area contributed by atoms with Gasteiger partial charge in [0.15, 0.2) is 5.69 Å². The normalized spacial score (nSPS) is 14.5. The molecular formula is C20H19N3O. The third kappa shape index (κ3) is 2.34. The summed E-state index contributed by atoms with van der Waals surface area (Å²) in [4.78, 5) is 3.59. The molecule has 3 aromatic rings. The minimum absolute atomic E-state index is 0.566. The summed E-state index contributed by atoms with van der Waals surface area (Å²) in [7, 11) is 0. The molecule has 4 heteroatoms. The van der Waals surface area contributed by atoms with Gasteiger partial charge in [0.25, 0.3) is 0 Å². The highest BCUT2D eigenvalue weighted by atomic mass is 16.5. The second kappa shape index (κ2) is 5.70. The van der Waals surface area contributed by atoms with Gasteiger partial charge in [0.05, 0.1) is 19.8 Å². The smallest absolute Gasteiger partial charge is 0.188 e. The summed E-state index contributed by atoms with van der Waals surface area (Å²) in [5.74, 6) is 0.566. The van der Waals surface area contributed by atoms with E-state index in [0.29, 0.717) is 11.6 Å². The maximum atomic E-state index is 7.31. The van der Waals surface area contributed by atoms with Gasteiger partial charge in [0.2, 0.25) is 0 Å². The van der Waals surface area contributed by atoms with Crippen molar-refractivity contribution in [2.45, 2.75) is 13.5 Å². The lowest BCUT2D eigenvalue weighted by Gasteiger charge is -2.26. The van der Waals surface area contributed by atoms with Crippen LogP contribution in [0.3, 0.4) is 0 Å². The van der Waals surface area contributed by atoms with Crippen molar-refractivity contribution in [2.24, 2.45) is 5.92 Å². The van der Waals surface area contributed by atoms with Crippen LogP contribution >= 0.6 is 0 Å². The van der Waals surface area contributed by atoms with Gasteiger partial charge in [0, 0.05) is 35.4 Å². The molecule has 0 atom stereocenters. The molecule has 2 N–H and O–H groups in total. The summed E-state index contributed by atoms with van der Waals surface area (Å²) in [6, 6.07) is 11.9. The van der Waals surface area contributed by atoms with Crippen LogP contribution in [-0.2, 0) is 11.3 Å². The van der Waals surface area contributed by atoms with Gasteiger partial charge in [0.1, 0.15) is 0 Å². The zero-order valence-corrected chi connectivity index (χ0v) is 13.6. The summed E-state index contributed by atoms with van der Waals surface area (Å²) >= 11 is 0. The first kappa shape index (κ1) is 14.8. The average molecular weight is 317 g/mol. The summed E-state index contributed by atoms with van der Waals surface area (Å²) in [5, 5.41) is 1.11. The molecule has 0 radical (unpaired) electrons. The molecule has 0 saturated carbocycles. The van der Waals surface area contributed by atoms with Crippen LogP contribution in [-0.4, -0.2) is 17.8 Å². The summed E-state index contributed by atoms with van der Waals surface area (Å²) in [5.41, 5.74) is 12.1. The Morgan fingerprint density at radius 1 is 1.25 bits per heavy atom. The Bertz CT molecular complexity index is 961. The lowest BCUT2D eigenvalue weighted by Crippen LogP contribution is -2.31. The predicted octanol–water partition coefficient (Wildman–Crippen LogP) is 4.40. The number of fused-ring (bicyclic) bond motifs is 1. The van der Waals surface area contributed by atoms with Crippen LogP contribution < -0.4 is 5.73 Å². The van der Waals surface area contributed by atoms with Crippen LogP contribution in [0.1, 0.15) is 5.56 Å². The number of benzene rings is 2. The Kier molecular flexibility index (Phi) is 3.51. The first-order valence-corrected chi connectivity index (χ1v) is 8.11. The second-order valence-electron chi connectivity index (χ2n) is 6.43. The van der Waals surface area contributed by atoms with Gasteiger partial charge >= 0.3 is 0 Å². The summed E-state index contributed by atoms with van der Waals surface area (Å²) in [6.07, 6.45) is 2.19. The van der Waals surface area contributed by atoms with E-state index in [1.54, 1.807) is 0 Å². The zero-order chi connectivity index (χ0) is 16.7. The van der Waals surface area contributed by atoms with E-state index in [9.17, 15) is 0 Å². The standard InChI is InChI=1S/C20H19N3O/c1-13-16(4-3-5-19(13)21)18-10-23(9-14-11-24-12-14)20-7-6-15(22-2)8-17(18)20/h3-8,10,14H,9,11-12,21H2,1H3. The molecule has 4 rings (SSSR count). The van der Waals surface area contributed by atoms with Crippen molar-refractivity contribution in [1.82, 2.24) is 4.57 Å². The number of nitrogens with two attached hydrogens (primary N) is 1. The van der Waals surface area contributed by atoms with Crippen molar-refractivity contribution in [3.05, 3.63) is 59.6 Å². The quantitative estimate of drug-likeness (QED) is 0.575. The molecule has 2 heterocycles. The highest BCUT2D eigenvalue weighted by Gasteiger charge is 2.21. The largest absolute Gasteiger partial charge is 0.398 e. The lowest BCUT2D eigenvalue weighted by atomic mass is 9.99. The average Bonchev–Trinajstić information content (AvgIpc) is 2.91. The molecule has 0 amide bonds. The number of ether oxygens (including phenoxy) is 1. The molecule has 0 unspecified atom stereocenters. The van der Waals surface area contributed by atoms with Crippen LogP contribution in [0.5, 0.6) is 0 Å². The molecule has 0 spiro atoms. The van der Waals surface area contributed by atoms with Crippen molar-refractivity contribution in [3.63, 3.8) is 0 Å². The fraction of sp³-hybridized carbons (Fsp3) is 0.250. The lowest BCUT2D eigenvalue weighted by molar-refractivity contribution is -0.0388. The third-order valence-corrected chi connectivity index (χ3v) is 4.82. The monoisotopic (exact) mass is 317 g/mol. The van der Waals surface area contributed by atoms with Gasteiger partial charge in [-0.05, 0) is 41.6 Å². The summed E-state index contributed by atoms with van der Waals surface area (Å²) < 4.78 is 7.60. The van der Waals surface area contributed by atoms with E-state index in [-0.39, 0.29) is 0 Å². The van der Waals surface area contributed by atoms with Crippen LogP contribution in [0.25, 0.3) is 26.9 Å². The molecule has 24 heavy (non-hydrogen) atoms. The fourth-order valence-corrected chi connectivity index (χ4v) is 3.33. The fourth-order valence-electron chi connectivity index (χ4n) is 3.33. The number of hydrogen-bond donors (Lipinski definition) is 1. The number of rotatable bonds is 3. The van der Waals surface area contributed by atoms with Crippen molar-refractivity contribution >= 4 is 22.3 Å². The molecular weight excluding hydrogens is 298 g/mol. The van der Waals surface area contributed by atoms with Crippen molar-refractivity contribution in [1.29, 1.82) is 0 Å². The molecule has 120 valence electrons. The number of nitrogens with zero attached hydrogens (tertiary/aromatic N) is 2. The maximum Gasteiger partial charge on any atom is 0.188 e. The van der Waals surface area contributed by atoms with E-state index in [1.165, 1.54) is 0 Å². The Balaban J connectivity index is 1.93. The number of anilines is 1. The van der Waals surface area contributed by atoms with E-state index in [0.717, 1.165) is 53.0 Å². The van der Waals surface area contributed by atoms with Gasteiger partial charge in [-0.25, -0.2) is 4.85 Å². The molecule has 1 aliphatic heterocycles. The third-order valence-electron chi connectivity index (χ3n) is 4.82. The van der Waals surface area contributed by atoms with E-state index in [4.69, 9.17) is 17.0 Å². The molecule has 1 saturated heterocycles. The highest BCUT2D eigenvalue weighted by Crippen LogP contribution is 2.36. The summed E-state index contributed by atoms with van der Waals surface area (Å²) in [6.45, 7) is 12.0. The van der Waals surface area contributed by atoms with Crippen LogP contribution in [0.4, 0.5) is 11.4 Å². The highest BCUT2D eigenvalue weighted by molar-refractivity contribution is 5.99. The number of nitrogen functional groups attached to an aromatic ring is 1. The number of hydrogen-bond acceptors (Lipinski definition) is 2.